The minimum Gasteiger partial charge on any atom is -0.462 e. The average molecular weight is 461 g/mol. The van der Waals surface area contributed by atoms with Crippen molar-refractivity contribution >= 4 is 17.4 Å². The highest BCUT2D eigenvalue weighted by molar-refractivity contribution is 5.96. The monoisotopic (exact) mass is 460 g/mol. The summed E-state index contributed by atoms with van der Waals surface area (Å²) in [6, 6.07) is 15.9. The molecule has 2 atom stereocenters. The third kappa shape index (κ3) is 4.78. The van der Waals surface area contributed by atoms with Crippen molar-refractivity contribution in [3.05, 3.63) is 98.9 Å². The number of nitrogens with zero attached hydrogens (tertiary/aromatic N) is 1. The number of esters is 1. The number of Topliss-reactive ketones (excluding diaryl/α,β-unsaturated/α-hetero) is 1. The van der Waals surface area contributed by atoms with Gasteiger partial charge in [-0.3, -0.25) is 14.9 Å². The number of ketones is 1. The Labute approximate surface area is 198 Å². The van der Waals surface area contributed by atoms with E-state index in [0.717, 1.165) is 11.3 Å². The number of nitro benzene ring substituents is 1. The number of nitro groups is 1. The second-order valence-electron chi connectivity index (χ2n) is 9.57. The normalized spacial score (nSPS) is 21.3. The lowest BCUT2D eigenvalue weighted by Crippen LogP contribution is -2.43. The van der Waals surface area contributed by atoms with Gasteiger partial charge in [0.25, 0.3) is 5.69 Å². The number of hydrogen-bond acceptors (Lipinski definition) is 6. The van der Waals surface area contributed by atoms with E-state index in [9.17, 15) is 19.7 Å². The lowest BCUT2D eigenvalue weighted by Gasteiger charge is -2.41. The molecule has 0 fully saturated rings. The molecule has 2 aromatic rings. The van der Waals surface area contributed by atoms with Crippen LogP contribution in [0.4, 0.5) is 5.69 Å². The van der Waals surface area contributed by atoms with Gasteiger partial charge in [-0.05, 0) is 23.5 Å². The van der Waals surface area contributed by atoms with Crippen molar-refractivity contribution in [2.24, 2.45) is 11.3 Å². The Morgan fingerprint density at radius 1 is 1.15 bits per heavy atom. The van der Waals surface area contributed by atoms with Crippen LogP contribution < -0.4 is 5.32 Å². The highest BCUT2D eigenvalue weighted by Crippen LogP contribution is 2.47. The van der Waals surface area contributed by atoms with Crippen molar-refractivity contribution in [3.8, 4) is 0 Å². The molecule has 34 heavy (non-hydrogen) atoms. The quantitative estimate of drug-likeness (QED) is 0.376. The maximum Gasteiger partial charge on any atom is 0.336 e. The summed E-state index contributed by atoms with van der Waals surface area (Å²) in [6.45, 7) is 5.95. The summed E-state index contributed by atoms with van der Waals surface area (Å²) in [5.74, 6) is -1.82. The molecule has 7 nitrogen and oxygen atoms in total. The van der Waals surface area contributed by atoms with Crippen LogP contribution in [-0.4, -0.2) is 23.3 Å². The summed E-state index contributed by atoms with van der Waals surface area (Å²) in [4.78, 5) is 37.6. The van der Waals surface area contributed by atoms with Crippen molar-refractivity contribution in [2.45, 2.75) is 39.5 Å². The fraction of sp³-hybridized carbons (Fsp3) is 0.333. The van der Waals surface area contributed by atoms with Crippen LogP contribution in [0.25, 0.3) is 0 Å². The van der Waals surface area contributed by atoms with Gasteiger partial charge in [0.15, 0.2) is 0 Å². The van der Waals surface area contributed by atoms with Crippen molar-refractivity contribution in [1.82, 2.24) is 5.32 Å². The van der Waals surface area contributed by atoms with E-state index in [4.69, 9.17) is 4.74 Å². The second-order valence-corrected chi connectivity index (χ2v) is 9.57. The van der Waals surface area contributed by atoms with Gasteiger partial charge < -0.3 is 10.1 Å². The van der Waals surface area contributed by atoms with Gasteiger partial charge in [-0.1, -0.05) is 62.4 Å². The molecule has 2 unspecified atom stereocenters. The molecular formula is C27H28N2O5. The third-order valence-electron chi connectivity index (χ3n) is 6.36. The third-order valence-corrected chi connectivity index (χ3v) is 6.36. The molecule has 1 aliphatic heterocycles. The van der Waals surface area contributed by atoms with Gasteiger partial charge in [0.2, 0.25) is 0 Å². The van der Waals surface area contributed by atoms with Crippen LogP contribution in [0.1, 0.15) is 44.2 Å². The molecule has 7 heteroatoms. The number of rotatable bonds is 6. The molecular weight excluding hydrogens is 432 g/mol. The molecule has 2 aliphatic rings. The van der Waals surface area contributed by atoms with Crippen molar-refractivity contribution < 1.29 is 19.2 Å². The first-order chi connectivity index (χ1) is 16.2. The number of carbonyl (C=O) groups is 2. The predicted octanol–water partition coefficient (Wildman–Crippen LogP) is 4.84. The molecule has 2 aromatic carbocycles. The zero-order valence-corrected chi connectivity index (χ0v) is 19.5. The molecule has 0 saturated heterocycles. The first kappa shape index (κ1) is 23.4. The van der Waals surface area contributed by atoms with Gasteiger partial charge >= 0.3 is 5.97 Å². The lowest BCUT2D eigenvalue weighted by molar-refractivity contribution is -0.384. The largest absolute Gasteiger partial charge is 0.462 e. The van der Waals surface area contributed by atoms with Crippen LogP contribution in [0.15, 0.2) is 77.6 Å². The number of benzene rings is 2. The van der Waals surface area contributed by atoms with Crippen LogP contribution >= 0.6 is 0 Å². The highest BCUT2D eigenvalue weighted by Gasteiger charge is 2.46. The smallest absolute Gasteiger partial charge is 0.336 e. The number of ether oxygens (including phenoxy) is 1. The molecule has 0 radical (unpaired) electrons. The number of nitrogens with one attached hydrogen (secondary N) is 1. The molecule has 0 saturated carbocycles. The van der Waals surface area contributed by atoms with E-state index >= 15 is 0 Å². The zero-order valence-electron chi connectivity index (χ0n) is 19.5. The fourth-order valence-corrected chi connectivity index (χ4v) is 4.91. The summed E-state index contributed by atoms with van der Waals surface area (Å²) in [6.07, 6.45) is 2.92. The van der Waals surface area contributed by atoms with Gasteiger partial charge in [0.1, 0.15) is 5.78 Å². The molecule has 0 spiro atoms. The molecule has 0 aromatic heterocycles. The van der Waals surface area contributed by atoms with E-state index < -0.39 is 22.7 Å². The van der Waals surface area contributed by atoms with Crippen molar-refractivity contribution in [3.63, 3.8) is 0 Å². The maximum absolute atomic E-state index is 13.3. The van der Waals surface area contributed by atoms with Gasteiger partial charge in [-0.2, -0.15) is 0 Å². The van der Waals surface area contributed by atoms with Crippen LogP contribution in [0.3, 0.4) is 0 Å². The maximum atomic E-state index is 13.3. The Morgan fingerprint density at radius 2 is 1.88 bits per heavy atom. The van der Waals surface area contributed by atoms with Crippen LogP contribution in [0.2, 0.25) is 0 Å². The summed E-state index contributed by atoms with van der Waals surface area (Å²) >= 11 is 0. The van der Waals surface area contributed by atoms with E-state index in [1.165, 1.54) is 12.1 Å². The molecule has 176 valence electrons. The van der Waals surface area contributed by atoms with E-state index in [0.29, 0.717) is 29.7 Å². The SMILES string of the molecule is CC1=C(C(=O)OCCc2ccccc2)C(c2cccc([N+](=O)[O-])c2)C2C(=O)CC(C)(C)C=C2N1. The van der Waals surface area contributed by atoms with Gasteiger partial charge in [0.05, 0.1) is 23.0 Å². The van der Waals surface area contributed by atoms with Crippen molar-refractivity contribution in [2.75, 3.05) is 6.61 Å². The minimum atomic E-state index is -0.666. The van der Waals surface area contributed by atoms with Crippen LogP contribution in [0, 0.1) is 21.4 Å². The first-order valence-corrected chi connectivity index (χ1v) is 11.3. The summed E-state index contributed by atoms with van der Waals surface area (Å²) < 4.78 is 5.64. The van der Waals surface area contributed by atoms with E-state index in [1.807, 2.05) is 50.3 Å². The Kier molecular flexibility index (Phi) is 6.37. The fourth-order valence-electron chi connectivity index (χ4n) is 4.91. The summed E-state index contributed by atoms with van der Waals surface area (Å²) in [5.41, 5.74) is 2.85. The Bertz CT molecular complexity index is 1200. The Hall–Kier alpha value is -3.74. The second kappa shape index (κ2) is 9.25. The zero-order chi connectivity index (χ0) is 24.5. The van der Waals surface area contributed by atoms with E-state index in [1.54, 1.807) is 19.1 Å². The van der Waals surface area contributed by atoms with Crippen LogP contribution in [-0.2, 0) is 20.7 Å². The van der Waals surface area contributed by atoms with Crippen molar-refractivity contribution in [1.29, 1.82) is 0 Å². The molecule has 4 rings (SSSR count). The number of fused-ring (bicyclic) bond motifs is 1. The summed E-state index contributed by atoms with van der Waals surface area (Å²) in [7, 11) is 0. The average Bonchev–Trinajstić information content (AvgIpc) is 2.78. The van der Waals surface area contributed by atoms with Gasteiger partial charge in [0, 0.05) is 42.3 Å². The topological polar surface area (TPSA) is 98.5 Å². The lowest BCUT2D eigenvalue weighted by atomic mass is 9.66. The predicted molar refractivity (Wildman–Crippen MR) is 128 cm³/mol. The molecule has 0 amide bonds. The number of non-ortho nitro benzene ring substituents is 1. The number of allylic oxidation sites excluding steroid dienone is 3. The standard InChI is InChI=1S/C27H28N2O5/c1-17-23(26(31)34-13-12-18-8-5-4-6-9-18)24(19-10-7-11-20(14-19)29(32)33)25-21(28-17)15-27(2,3)16-22(25)30/h4-11,14-15,24-25,28H,12-13,16H2,1-3H3. The first-order valence-electron chi connectivity index (χ1n) is 11.3. The van der Waals surface area contributed by atoms with Gasteiger partial charge in [-0.25, -0.2) is 4.79 Å². The summed E-state index contributed by atoms with van der Waals surface area (Å²) in [5, 5.41) is 14.7. The Balaban J connectivity index is 1.71. The van der Waals surface area contributed by atoms with E-state index in [2.05, 4.69) is 5.32 Å². The molecule has 0 bridgehead atoms. The highest BCUT2D eigenvalue weighted by atomic mass is 16.6. The minimum absolute atomic E-state index is 0.00593. The van der Waals surface area contributed by atoms with Crippen LogP contribution in [0.5, 0.6) is 0 Å². The molecule has 1 aliphatic carbocycles. The Morgan fingerprint density at radius 3 is 2.59 bits per heavy atom. The van der Waals surface area contributed by atoms with E-state index in [-0.39, 0.29) is 23.5 Å². The molecule has 1 N–H and O–H groups in total. The molecule has 1 heterocycles. The number of hydrogen-bond donors (Lipinski definition) is 1. The van der Waals surface area contributed by atoms with Gasteiger partial charge in [-0.15, -0.1) is 0 Å². The number of carbonyl (C=O) groups excluding carboxylic acids is 2.